The summed E-state index contributed by atoms with van der Waals surface area (Å²) in [5.41, 5.74) is 2.78. The molecular formula is C12H15N3O2. The van der Waals surface area contributed by atoms with Gasteiger partial charge < -0.3 is 4.90 Å². The zero-order chi connectivity index (χ0) is 12.6. The first-order chi connectivity index (χ1) is 7.99. The Balaban J connectivity index is 2.22. The molecule has 90 valence electrons. The summed E-state index contributed by atoms with van der Waals surface area (Å²) in [6.45, 7) is 0. The van der Waals surface area contributed by atoms with E-state index in [2.05, 4.69) is 0 Å². The third-order valence-electron chi connectivity index (χ3n) is 2.97. The summed E-state index contributed by atoms with van der Waals surface area (Å²) < 4.78 is 0. The summed E-state index contributed by atoms with van der Waals surface area (Å²) in [6.07, 6.45) is 0.671. The van der Waals surface area contributed by atoms with E-state index in [1.807, 2.05) is 18.2 Å². The van der Waals surface area contributed by atoms with Crippen LogP contribution in [0.4, 0.5) is 5.69 Å². The van der Waals surface area contributed by atoms with Gasteiger partial charge in [-0.05, 0) is 17.2 Å². The third-order valence-corrected chi connectivity index (χ3v) is 2.97. The normalized spacial score (nSPS) is 13.8. The number of likely N-dealkylation sites (N-methyl/N-ethyl adjacent to an activating group) is 2. The Bertz CT molecular complexity index is 483. The molecule has 0 atom stereocenters. The molecule has 0 aliphatic carbocycles. The van der Waals surface area contributed by atoms with Gasteiger partial charge >= 0.3 is 0 Å². The van der Waals surface area contributed by atoms with E-state index >= 15 is 0 Å². The number of nitrogens with two attached hydrogens (primary N) is 1. The van der Waals surface area contributed by atoms with Crippen LogP contribution in [0.3, 0.4) is 0 Å². The van der Waals surface area contributed by atoms with Gasteiger partial charge in [-0.3, -0.25) is 14.6 Å². The summed E-state index contributed by atoms with van der Waals surface area (Å²) in [5, 5.41) is 1.07. The number of benzene rings is 1. The minimum atomic E-state index is -0.150. The van der Waals surface area contributed by atoms with Crippen LogP contribution in [0.15, 0.2) is 18.2 Å². The second kappa shape index (κ2) is 4.18. The molecule has 5 heteroatoms. The molecule has 0 spiro atoms. The fourth-order valence-electron chi connectivity index (χ4n) is 1.93. The smallest absolute Gasteiger partial charge is 0.240 e. The van der Waals surface area contributed by atoms with Gasteiger partial charge in [0.2, 0.25) is 11.8 Å². The molecule has 5 nitrogen and oxygen atoms in total. The number of rotatable bonds is 2. The Morgan fingerprint density at radius 3 is 2.88 bits per heavy atom. The Morgan fingerprint density at radius 2 is 2.24 bits per heavy atom. The summed E-state index contributed by atoms with van der Waals surface area (Å²) in [7, 11) is 3.28. The highest BCUT2D eigenvalue weighted by Crippen LogP contribution is 2.28. The first-order valence-corrected chi connectivity index (χ1v) is 5.38. The van der Waals surface area contributed by atoms with E-state index in [4.69, 9.17) is 5.84 Å². The molecule has 0 fully saturated rings. The zero-order valence-electron chi connectivity index (χ0n) is 9.93. The van der Waals surface area contributed by atoms with E-state index in [1.165, 1.54) is 7.05 Å². The summed E-state index contributed by atoms with van der Waals surface area (Å²) in [6, 6.07) is 5.63. The topological polar surface area (TPSA) is 66.6 Å². The molecule has 0 radical (unpaired) electrons. The van der Waals surface area contributed by atoms with Gasteiger partial charge in [0.1, 0.15) is 0 Å². The lowest BCUT2D eigenvalue weighted by atomic mass is 10.1. The Kier molecular flexibility index (Phi) is 2.85. The SMILES string of the molecule is CN(N)C(=O)Cc1ccc2c(c1)CC(=O)N2C. The maximum atomic E-state index is 11.5. The van der Waals surface area contributed by atoms with Crippen LogP contribution in [-0.4, -0.2) is 30.9 Å². The molecule has 2 N–H and O–H groups in total. The molecule has 0 unspecified atom stereocenters. The van der Waals surface area contributed by atoms with Gasteiger partial charge in [-0.25, -0.2) is 5.84 Å². The summed E-state index contributed by atoms with van der Waals surface area (Å²) >= 11 is 0. The number of fused-ring (bicyclic) bond motifs is 1. The maximum absolute atomic E-state index is 11.5. The molecule has 1 heterocycles. The van der Waals surface area contributed by atoms with Gasteiger partial charge in [0, 0.05) is 19.8 Å². The second-order valence-electron chi connectivity index (χ2n) is 4.27. The third kappa shape index (κ3) is 2.14. The molecule has 1 aliphatic heterocycles. The van der Waals surface area contributed by atoms with E-state index < -0.39 is 0 Å². The molecule has 0 saturated carbocycles. The number of anilines is 1. The minimum Gasteiger partial charge on any atom is -0.315 e. The molecule has 17 heavy (non-hydrogen) atoms. The lowest BCUT2D eigenvalue weighted by Gasteiger charge is -2.12. The van der Waals surface area contributed by atoms with E-state index in [9.17, 15) is 9.59 Å². The van der Waals surface area contributed by atoms with Gasteiger partial charge in [-0.2, -0.15) is 0 Å². The van der Waals surface area contributed by atoms with E-state index in [1.54, 1.807) is 11.9 Å². The minimum absolute atomic E-state index is 0.0828. The van der Waals surface area contributed by atoms with Crippen LogP contribution in [0.25, 0.3) is 0 Å². The largest absolute Gasteiger partial charge is 0.315 e. The highest BCUT2D eigenvalue weighted by molar-refractivity contribution is 6.01. The van der Waals surface area contributed by atoms with Crippen molar-refractivity contribution in [1.82, 2.24) is 5.01 Å². The molecule has 1 aromatic carbocycles. The quantitative estimate of drug-likeness (QED) is 0.447. The first kappa shape index (κ1) is 11.6. The van der Waals surface area contributed by atoms with E-state index in [-0.39, 0.29) is 18.2 Å². The Labute approximate surface area is 99.8 Å². The van der Waals surface area contributed by atoms with Crippen LogP contribution in [0.5, 0.6) is 0 Å². The van der Waals surface area contributed by atoms with Gasteiger partial charge in [0.05, 0.1) is 12.8 Å². The predicted octanol–water partition coefficient (Wildman–Crippen LogP) is 0.0801. The van der Waals surface area contributed by atoms with Crippen LogP contribution in [0.2, 0.25) is 0 Å². The average Bonchev–Trinajstić information content (AvgIpc) is 2.54. The fraction of sp³-hybridized carbons (Fsp3) is 0.333. The molecule has 2 amide bonds. The van der Waals surface area contributed by atoms with Crippen LogP contribution in [0, 0.1) is 0 Å². The lowest BCUT2D eigenvalue weighted by molar-refractivity contribution is -0.129. The van der Waals surface area contributed by atoms with Gasteiger partial charge in [-0.15, -0.1) is 0 Å². The van der Waals surface area contributed by atoms with Crippen molar-refractivity contribution in [3.63, 3.8) is 0 Å². The van der Waals surface area contributed by atoms with Gasteiger partial charge in [-0.1, -0.05) is 12.1 Å². The monoisotopic (exact) mass is 233 g/mol. The summed E-state index contributed by atoms with van der Waals surface area (Å²) in [4.78, 5) is 24.6. The first-order valence-electron chi connectivity index (χ1n) is 5.38. The molecule has 1 aliphatic rings. The van der Waals surface area contributed by atoms with Gasteiger partial charge in [0.15, 0.2) is 0 Å². The highest BCUT2D eigenvalue weighted by atomic mass is 16.2. The fourth-order valence-corrected chi connectivity index (χ4v) is 1.93. The average molecular weight is 233 g/mol. The number of hydrogen-bond acceptors (Lipinski definition) is 3. The van der Waals surface area contributed by atoms with Gasteiger partial charge in [0.25, 0.3) is 0 Å². The van der Waals surface area contributed by atoms with Crippen molar-refractivity contribution in [3.8, 4) is 0 Å². The highest BCUT2D eigenvalue weighted by Gasteiger charge is 2.24. The summed E-state index contributed by atoms with van der Waals surface area (Å²) in [5.74, 6) is 5.29. The Morgan fingerprint density at radius 1 is 1.53 bits per heavy atom. The molecule has 0 aromatic heterocycles. The molecule has 2 rings (SSSR count). The van der Waals surface area contributed by atoms with Crippen LogP contribution in [-0.2, 0) is 22.4 Å². The number of amides is 2. The van der Waals surface area contributed by atoms with Crippen molar-refractivity contribution in [2.45, 2.75) is 12.8 Å². The van der Waals surface area contributed by atoms with Crippen molar-refractivity contribution in [3.05, 3.63) is 29.3 Å². The maximum Gasteiger partial charge on any atom is 0.240 e. The lowest BCUT2D eigenvalue weighted by Crippen LogP contribution is -2.34. The van der Waals surface area contributed by atoms with Crippen LogP contribution in [0.1, 0.15) is 11.1 Å². The number of nitrogens with zero attached hydrogens (tertiary/aromatic N) is 2. The van der Waals surface area contributed by atoms with E-state index in [0.717, 1.165) is 21.8 Å². The van der Waals surface area contributed by atoms with Crippen molar-refractivity contribution in [2.75, 3.05) is 19.0 Å². The predicted molar refractivity (Wildman–Crippen MR) is 64.2 cm³/mol. The molecular weight excluding hydrogens is 218 g/mol. The van der Waals surface area contributed by atoms with Crippen LogP contribution < -0.4 is 10.7 Å². The van der Waals surface area contributed by atoms with Crippen molar-refractivity contribution < 1.29 is 9.59 Å². The second-order valence-corrected chi connectivity index (χ2v) is 4.27. The number of hydrazine groups is 1. The number of hydrogen-bond donors (Lipinski definition) is 1. The standard InChI is InChI=1S/C12H15N3O2/c1-14-10-4-3-8(6-12(17)15(2)13)5-9(10)7-11(14)16/h3-5H,6-7,13H2,1-2H3. The van der Waals surface area contributed by atoms with Crippen molar-refractivity contribution in [2.24, 2.45) is 5.84 Å². The Hall–Kier alpha value is -1.88. The number of carbonyl (C=O) groups is 2. The van der Waals surface area contributed by atoms with E-state index in [0.29, 0.717) is 6.42 Å². The van der Waals surface area contributed by atoms with Crippen molar-refractivity contribution in [1.29, 1.82) is 0 Å². The zero-order valence-corrected chi connectivity index (χ0v) is 9.93. The molecule has 0 bridgehead atoms. The molecule has 1 aromatic rings. The van der Waals surface area contributed by atoms with Crippen LogP contribution >= 0.6 is 0 Å². The number of carbonyl (C=O) groups excluding carboxylic acids is 2. The van der Waals surface area contributed by atoms with Crippen molar-refractivity contribution >= 4 is 17.5 Å². The molecule has 0 saturated heterocycles.